The summed E-state index contributed by atoms with van der Waals surface area (Å²) in [5.41, 5.74) is 0. The van der Waals surface area contributed by atoms with E-state index in [1.807, 2.05) is 0 Å². The van der Waals surface area contributed by atoms with Gasteiger partial charge >= 0.3 is 0 Å². The zero-order chi connectivity index (χ0) is 36.6. The molecule has 0 saturated carbocycles. The van der Waals surface area contributed by atoms with Gasteiger partial charge in [0.05, 0.1) is 0 Å². The van der Waals surface area contributed by atoms with Gasteiger partial charge in [-0.2, -0.15) is 0 Å². The molecule has 51 heavy (non-hydrogen) atoms. The summed E-state index contributed by atoms with van der Waals surface area (Å²) >= 11 is 0. The minimum Gasteiger partial charge on any atom is -0.356 e. The lowest BCUT2D eigenvalue weighted by molar-refractivity contribution is 0.135. The number of rotatable bonds is 43. The van der Waals surface area contributed by atoms with Gasteiger partial charge < -0.3 is 9.80 Å². The van der Waals surface area contributed by atoms with Gasteiger partial charge in [0.25, 0.3) is 0 Å². The van der Waals surface area contributed by atoms with E-state index in [-0.39, 0.29) is 0 Å². The van der Waals surface area contributed by atoms with Crippen molar-refractivity contribution >= 4 is 0 Å². The second-order valence-electron chi connectivity index (χ2n) is 17.1. The largest absolute Gasteiger partial charge is 0.356 e. The highest BCUT2D eigenvalue weighted by molar-refractivity contribution is 4.97. The number of hydrogen-bond acceptors (Lipinski definition) is 2. The normalized spacial score (nSPS) is 14.5. The van der Waals surface area contributed by atoms with E-state index in [0.717, 1.165) is 0 Å². The molecule has 0 aromatic heterocycles. The molecule has 1 aliphatic heterocycles. The predicted molar refractivity (Wildman–Crippen MR) is 233 cm³/mol. The molecule has 0 aromatic rings. The van der Waals surface area contributed by atoms with Crippen LogP contribution in [0.5, 0.6) is 0 Å². The Labute approximate surface area is 324 Å². The maximum absolute atomic E-state index is 2.74. The van der Waals surface area contributed by atoms with Crippen molar-refractivity contribution in [1.29, 1.82) is 0 Å². The van der Waals surface area contributed by atoms with Gasteiger partial charge in [0.1, 0.15) is 6.17 Å². The molecule has 1 aliphatic rings. The zero-order valence-corrected chi connectivity index (χ0v) is 36.0. The Bertz CT molecular complexity index is 673. The summed E-state index contributed by atoms with van der Waals surface area (Å²) in [7, 11) is 0. The van der Waals surface area contributed by atoms with Crippen LogP contribution in [0.4, 0.5) is 0 Å². The second-order valence-corrected chi connectivity index (χ2v) is 17.1. The first-order valence-corrected chi connectivity index (χ1v) is 24.5. The molecule has 0 fully saturated rings. The van der Waals surface area contributed by atoms with Gasteiger partial charge in [-0.15, -0.1) is 0 Å². The maximum Gasteiger partial charge on any atom is 0.101 e. The molecular weight excluding hydrogens is 617 g/mol. The molecule has 0 aromatic carbocycles. The average molecular weight is 715 g/mol. The maximum atomic E-state index is 2.74. The molecule has 0 N–H and O–H groups in total. The Kier molecular flexibility index (Phi) is 38.4. The fourth-order valence-electron chi connectivity index (χ4n) is 8.48. The van der Waals surface area contributed by atoms with Crippen LogP contribution in [0.15, 0.2) is 12.4 Å². The van der Waals surface area contributed by atoms with Crippen LogP contribution in [0, 0.1) is 0 Å². The third-order valence-corrected chi connectivity index (χ3v) is 12.1. The summed E-state index contributed by atoms with van der Waals surface area (Å²) in [6.45, 7) is 9.49. The number of hydrogen-bond donors (Lipinski definition) is 0. The predicted octanol–water partition coefficient (Wildman–Crippen LogP) is 17.5. The van der Waals surface area contributed by atoms with Gasteiger partial charge in [-0.25, -0.2) is 0 Å². The Hall–Kier alpha value is -0.660. The van der Waals surface area contributed by atoms with Crippen molar-refractivity contribution in [3.63, 3.8) is 0 Å². The van der Waals surface area contributed by atoms with Gasteiger partial charge in [0.15, 0.2) is 0 Å². The molecule has 0 amide bonds. The molecule has 1 rings (SSSR count). The van der Waals surface area contributed by atoms with Crippen molar-refractivity contribution in [2.45, 2.75) is 290 Å². The van der Waals surface area contributed by atoms with Gasteiger partial charge in [-0.1, -0.05) is 258 Å². The summed E-state index contributed by atoms with van der Waals surface area (Å²) in [5.74, 6) is 0. The third-order valence-electron chi connectivity index (χ3n) is 12.1. The average Bonchev–Trinajstić information content (AvgIpc) is 3.53. The monoisotopic (exact) mass is 715 g/mol. The van der Waals surface area contributed by atoms with E-state index in [4.69, 9.17) is 0 Å². The van der Waals surface area contributed by atoms with Crippen molar-refractivity contribution in [3.8, 4) is 0 Å². The molecule has 0 spiro atoms. The van der Waals surface area contributed by atoms with E-state index in [1.54, 1.807) is 0 Å². The SMILES string of the molecule is CCCCCCCCCCCCCCCCCC1N(CCCCCCCCCCCCCC)C=CN1CCCCCCCCCCCCCCC. The van der Waals surface area contributed by atoms with Crippen molar-refractivity contribution in [2.24, 2.45) is 0 Å². The Morgan fingerprint density at radius 1 is 0.255 bits per heavy atom. The first kappa shape index (κ1) is 48.4. The summed E-state index contributed by atoms with van der Waals surface area (Å²) in [5, 5.41) is 0. The molecule has 1 unspecified atom stereocenters. The van der Waals surface area contributed by atoms with Crippen LogP contribution in [0.1, 0.15) is 284 Å². The fraction of sp³-hybridized carbons (Fsp3) is 0.959. The molecule has 2 heteroatoms. The highest BCUT2D eigenvalue weighted by Crippen LogP contribution is 2.24. The minimum atomic E-state index is 0.636. The van der Waals surface area contributed by atoms with E-state index < -0.39 is 0 Å². The molecule has 0 bridgehead atoms. The Morgan fingerprint density at radius 3 is 0.686 bits per heavy atom. The van der Waals surface area contributed by atoms with Crippen molar-refractivity contribution in [3.05, 3.63) is 12.4 Å². The van der Waals surface area contributed by atoms with Crippen LogP contribution in [0.25, 0.3) is 0 Å². The van der Waals surface area contributed by atoms with Crippen molar-refractivity contribution < 1.29 is 0 Å². The first-order chi connectivity index (χ1) is 25.3. The molecule has 1 atom stereocenters. The van der Waals surface area contributed by atoms with E-state index in [0.29, 0.717) is 6.17 Å². The fourth-order valence-corrected chi connectivity index (χ4v) is 8.48. The van der Waals surface area contributed by atoms with Crippen LogP contribution in [-0.4, -0.2) is 29.1 Å². The topological polar surface area (TPSA) is 6.48 Å². The number of unbranched alkanes of at least 4 members (excludes halogenated alkanes) is 37. The van der Waals surface area contributed by atoms with E-state index in [9.17, 15) is 0 Å². The molecular formula is C49H98N2. The van der Waals surface area contributed by atoms with Crippen LogP contribution in [0.3, 0.4) is 0 Å². The second kappa shape index (κ2) is 40.5. The lowest BCUT2D eigenvalue weighted by atomic mass is 10.0. The van der Waals surface area contributed by atoms with E-state index in [1.165, 1.54) is 276 Å². The van der Waals surface area contributed by atoms with Gasteiger partial charge in [0, 0.05) is 25.5 Å². The van der Waals surface area contributed by atoms with E-state index >= 15 is 0 Å². The summed E-state index contributed by atoms with van der Waals surface area (Å²) < 4.78 is 0. The van der Waals surface area contributed by atoms with Crippen molar-refractivity contribution in [2.75, 3.05) is 13.1 Å². The lowest BCUT2D eigenvalue weighted by Gasteiger charge is -2.33. The lowest BCUT2D eigenvalue weighted by Crippen LogP contribution is -2.39. The minimum absolute atomic E-state index is 0.636. The molecule has 0 aliphatic carbocycles. The third kappa shape index (κ3) is 32.5. The van der Waals surface area contributed by atoms with Crippen LogP contribution in [-0.2, 0) is 0 Å². The summed E-state index contributed by atoms with van der Waals surface area (Å²) in [6, 6.07) is 0. The molecule has 304 valence electrons. The standard InChI is InChI=1S/C49H98N2/c1-4-7-10-13-16-19-22-25-26-27-29-32-35-38-41-44-49-50(45-42-39-36-33-30-24-21-18-15-12-9-6-3)47-48-51(49)46-43-40-37-34-31-28-23-20-17-14-11-8-5-2/h47-49H,4-46H2,1-3H3. The van der Waals surface area contributed by atoms with Gasteiger partial charge in [0.2, 0.25) is 0 Å². The van der Waals surface area contributed by atoms with Crippen LogP contribution < -0.4 is 0 Å². The van der Waals surface area contributed by atoms with Crippen LogP contribution in [0.2, 0.25) is 0 Å². The highest BCUT2D eigenvalue weighted by Gasteiger charge is 2.24. The Balaban J connectivity index is 2.20. The quantitative estimate of drug-likeness (QED) is 0.0580. The smallest absolute Gasteiger partial charge is 0.101 e. The number of nitrogens with zero attached hydrogens (tertiary/aromatic N) is 2. The van der Waals surface area contributed by atoms with Gasteiger partial charge in [-0.05, 0) is 25.7 Å². The highest BCUT2D eigenvalue weighted by atomic mass is 15.4. The zero-order valence-electron chi connectivity index (χ0n) is 36.0. The first-order valence-electron chi connectivity index (χ1n) is 24.5. The molecule has 2 nitrogen and oxygen atoms in total. The molecule has 0 radical (unpaired) electrons. The van der Waals surface area contributed by atoms with Crippen molar-refractivity contribution in [1.82, 2.24) is 9.80 Å². The molecule has 1 heterocycles. The molecule has 0 saturated heterocycles. The van der Waals surface area contributed by atoms with Gasteiger partial charge in [-0.3, -0.25) is 0 Å². The van der Waals surface area contributed by atoms with Crippen LogP contribution >= 0.6 is 0 Å². The van der Waals surface area contributed by atoms with E-state index in [2.05, 4.69) is 43.0 Å². The summed E-state index contributed by atoms with van der Waals surface area (Å²) in [4.78, 5) is 5.48. The Morgan fingerprint density at radius 2 is 0.451 bits per heavy atom. The summed E-state index contributed by atoms with van der Waals surface area (Å²) in [6.07, 6.45) is 64.9.